The Balaban J connectivity index is 1.68. The number of nitrogens with one attached hydrogen (secondary N) is 1. The van der Waals surface area contributed by atoms with E-state index in [0.717, 1.165) is 49.5 Å². The second-order valence-electron chi connectivity index (χ2n) is 9.01. The number of nitrogens with zero attached hydrogens (tertiary/aromatic N) is 3. The van der Waals surface area contributed by atoms with E-state index in [2.05, 4.69) is 10.2 Å². The summed E-state index contributed by atoms with van der Waals surface area (Å²) in [5.74, 6) is -0.532. The van der Waals surface area contributed by atoms with Crippen molar-refractivity contribution < 1.29 is 18.0 Å². The summed E-state index contributed by atoms with van der Waals surface area (Å²) in [5.41, 5.74) is 1.85. The molecule has 0 aromatic heterocycles. The molecule has 182 valence electrons. The van der Waals surface area contributed by atoms with E-state index < -0.39 is 15.9 Å². The quantitative estimate of drug-likeness (QED) is 0.679. The second-order valence-corrected chi connectivity index (χ2v) is 11.2. The molecule has 2 heterocycles. The number of piperidine rings is 1. The summed E-state index contributed by atoms with van der Waals surface area (Å²) in [6.07, 6.45) is 5.12. The Bertz CT molecular complexity index is 1170. The maximum atomic E-state index is 13.5. The number of carbonyl (C=O) groups is 2. The normalized spacial score (nSPS) is 16.7. The molecule has 2 fully saturated rings. The summed E-state index contributed by atoms with van der Waals surface area (Å²) in [7, 11) is -0.780. The number of rotatable bonds is 6. The van der Waals surface area contributed by atoms with Crippen LogP contribution in [0.4, 0.5) is 11.4 Å². The highest BCUT2D eigenvalue weighted by Gasteiger charge is 2.26. The lowest BCUT2D eigenvalue weighted by atomic mass is 10.1. The summed E-state index contributed by atoms with van der Waals surface area (Å²) in [6.45, 7) is 3.05. The third-order valence-electron chi connectivity index (χ3n) is 6.49. The van der Waals surface area contributed by atoms with Crippen molar-refractivity contribution in [2.45, 2.75) is 37.0 Å². The minimum absolute atomic E-state index is 0.0586. The highest BCUT2D eigenvalue weighted by Crippen LogP contribution is 2.29. The predicted octanol–water partition coefficient (Wildman–Crippen LogP) is 3.42. The lowest BCUT2D eigenvalue weighted by Gasteiger charge is -2.27. The van der Waals surface area contributed by atoms with Crippen LogP contribution in [0, 0.1) is 0 Å². The van der Waals surface area contributed by atoms with Gasteiger partial charge in [-0.1, -0.05) is 12.1 Å². The monoisotopic (exact) mass is 484 g/mol. The van der Waals surface area contributed by atoms with Gasteiger partial charge in [-0.25, -0.2) is 12.7 Å². The topological polar surface area (TPSA) is 90.0 Å². The summed E-state index contributed by atoms with van der Waals surface area (Å²) in [5, 5.41) is 2.90. The number of likely N-dealkylation sites (tertiary alicyclic amines) is 1. The van der Waals surface area contributed by atoms with Gasteiger partial charge in [0.25, 0.3) is 11.8 Å². The lowest BCUT2D eigenvalue weighted by Crippen LogP contribution is -2.36. The van der Waals surface area contributed by atoms with Crippen molar-refractivity contribution in [1.82, 2.24) is 9.21 Å². The molecule has 0 unspecified atom stereocenters. The Morgan fingerprint density at radius 2 is 1.50 bits per heavy atom. The molecule has 9 heteroatoms. The van der Waals surface area contributed by atoms with E-state index in [4.69, 9.17) is 0 Å². The highest BCUT2D eigenvalue weighted by atomic mass is 32.2. The number of carbonyl (C=O) groups excluding carboxylic acids is 2. The van der Waals surface area contributed by atoms with Crippen LogP contribution in [0.1, 0.15) is 52.8 Å². The largest absolute Gasteiger partial charge is 0.371 e. The Kier molecular flexibility index (Phi) is 7.23. The smallest absolute Gasteiger partial charge is 0.257 e. The van der Waals surface area contributed by atoms with Gasteiger partial charge >= 0.3 is 0 Å². The van der Waals surface area contributed by atoms with Crippen molar-refractivity contribution in [3.05, 3.63) is 53.6 Å². The van der Waals surface area contributed by atoms with E-state index in [-0.39, 0.29) is 16.4 Å². The first kappa shape index (κ1) is 24.2. The third kappa shape index (κ3) is 4.95. The van der Waals surface area contributed by atoms with Gasteiger partial charge in [0, 0.05) is 46.0 Å². The first-order valence-corrected chi connectivity index (χ1v) is 13.2. The summed E-state index contributed by atoms with van der Waals surface area (Å²) < 4.78 is 26.6. The van der Waals surface area contributed by atoms with Crippen molar-refractivity contribution in [2.75, 3.05) is 50.5 Å². The molecular weight excluding hydrogens is 452 g/mol. The Morgan fingerprint density at radius 1 is 0.853 bits per heavy atom. The minimum atomic E-state index is -3.71. The van der Waals surface area contributed by atoms with Crippen LogP contribution in [0.25, 0.3) is 0 Å². The van der Waals surface area contributed by atoms with Crippen LogP contribution in [-0.4, -0.2) is 69.7 Å². The Hall–Kier alpha value is -2.91. The number of para-hydroxylation sites is 1. The zero-order valence-electron chi connectivity index (χ0n) is 19.8. The van der Waals surface area contributed by atoms with Gasteiger partial charge in [0.2, 0.25) is 10.0 Å². The van der Waals surface area contributed by atoms with E-state index in [1.54, 1.807) is 36.4 Å². The molecule has 0 spiro atoms. The molecule has 34 heavy (non-hydrogen) atoms. The summed E-state index contributed by atoms with van der Waals surface area (Å²) in [4.78, 5) is 30.7. The van der Waals surface area contributed by atoms with E-state index in [0.29, 0.717) is 30.0 Å². The molecule has 0 bridgehead atoms. The zero-order valence-corrected chi connectivity index (χ0v) is 20.6. The fourth-order valence-corrected chi connectivity index (χ4v) is 5.47. The molecule has 0 saturated carbocycles. The average molecular weight is 485 g/mol. The highest BCUT2D eigenvalue weighted by molar-refractivity contribution is 7.89. The number of benzene rings is 2. The molecule has 0 aliphatic carbocycles. The summed E-state index contributed by atoms with van der Waals surface area (Å²) >= 11 is 0. The van der Waals surface area contributed by atoms with Crippen molar-refractivity contribution in [1.29, 1.82) is 0 Å². The second kappa shape index (κ2) is 10.1. The van der Waals surface area contributed by atoms with E-state index in [9.17, 15) is 18.0 Å². The molecule has 4 rings (SSSR count). The first-order chi connectivity index (χ1) is 16.3. The summed E-state index contributed by atoms with van der Waals surface area (Å²) in [6, 6.07) is 11.7. The average Bonchev–Trinajstić information content (AvgIpc) is 3.39. The van der Waals surface area contributed by atoms with Crippen molar-refractivity contribution in [3.63, 3.8) is 0 Å². The first-order valence-electron chi connectivity index (χ1n) is 11.8. The van der Waals surface area contributed by atoms with Gasteiger partial charge in [0.05, 0.1) is 21.7 Å². The van der Waals surface area contributed by atoms with Gasteiger partial charge in [-0.05, 0) is 62.4 Å². The third-order valence-corrected chi connectivity index (χ3v) is 8.30. The number of hydrogen-bond donors (Lipinski definition) is 1. The van der Waals surface area contributed by atoms with Gasteiger partial charge in [0.15, 0.2) is 0 Å². The van der Waals surface area contributed by atoms with Crippen LogP contribution in [-0.2, 0) is 10.0 Å². The molecule has 2 aromatic carbocycles. The van der Waals surface area contributed by atoms with Gasteiger partial charge in [0.1, 0.15) is 0 Å². The van der Waals surface area contributed by atoms with Gasteiger partial charge in [-0.2, -0.15) is 0 Å². The van der Waals surface area contributed by atoms with E-state index >= 15 is 0 Å². The maximum Gasteiger partial charge on any atom is 0.257 e. The molecule has 0 atom stereocenters. The minimum Gasteiger partial charge on any atom is -0.371 e. The van der Waals surface area contributed by atoms with Crippen molar-refractivity contribution in [2.24, 2.45) is 0 Å². The number of sulfonamides is 1. The van der Waals surface area contributed by atoms with Crippen LogP contribution < -0.4 is 10.2 Å². The van der Waals surface area contributed by atoms with Crippen LogP contribution in [0.2, 0.25) is 0 Å². The Morgan fingerprint density at radius 3 is 2.18 bits per heavy atom. The molecule has 0 radical (unpaired) electrons. The zero-order chi connectivity index (χ0) is 24.3. The van der Waals surface area contributed by atoms with Crippen LogP contribution >= 0.6 is 0 Å². The van der Waals surface area contributed by atoms with Crippen LogP contribution in [0.15, 0.2) is 47.4 Å². The number of hydrogen-bond acceptors (Lipinski definition) is 5. The van der Waals surface area contributed by atoms with Crippen molar-refractivity contribution >= 4 is 33.2 Å². The van der Waals surface area contributed by atoms with E-state index in [1.807, 2.05) is 4.90 Å². The van der Waals surface area contributed by atoms with Crippen LogP contribution in [0.3, 0.4) is 0 Å². The fourth-order valence-electron chi connectivity index (χ4n) is 4.54. The fraction of sp³-hybridized carbons (Fsp3) is 0.440. The molecule has 2 saturated heterocycles. The van der Waals surface area contributed by atoms with Gasteiger partial charge in [-0.3, -0.25) is 9.59 Å². The lowest BCUT2D eigenvalue weighted by molar-refractivity contribution is 0.0725. The maximum absolute atomic E-state index is 13.5. The molecule has 2 aromatic rings. The predicted molar refractivity (Wildman–Crippen MR) is 133 cm³/mol. The number of anilines is 2. The Labute approximate surface area is 201 Å². The molecule has 2 aliphatic heterocycles. The molecule has 1 N–H and O–H groups in total. The SMILES string of the molecule is CN(C)S(=O)(=O)c1ccc(N2CCCC2)c(C(=O)Nc2ccccc2C(=O)N2CCCCC2)c1. The van der Waals surface area contributed by atoms with Gasteiger partial charge in [-0.15, -0.1) is 0 Å². The van der Waals surface area contributed by atoms with Crippen molar-refractivity contribution in [3.8, 4) is 0 Å². The standard InChI is InChI=1S/C25H32N4O4S/c1-27(2)34(32,33)19-12-13-23(28-14-8-9-15-28)21(18-19)24(30)26-22-11-5-4-10-20(22)25(31)29-16-6-3-7-17-29/h4-5,10-13,18H,3,6-9,14-17H2,1-2H3,(H,26,30). The molecular formula is C25H32N4O4S. The van der Waals surface area contributed by atoms with E-state index in [1.165, 1.54) is 20.2 Å². The molecule has 2 amide bonds. The van der Waals surface area contributed by atoms with Gasteiger partial charge < -0.3 is 15.1 Å². The van der Waals surface area contributed by atoms with Crippen LogP contribution in [0.5, 0.6) is 0 Å². The molecule has 8 nitrogen and oxygen atoms in total. The molecule has 2 aliphatic rings. The number of amides is 2.